The molecule has 1 unspecified atom stereocenters. The summed E-state index contributed by atoms with van der Waals surface area (Å²) in [5.41, 5.74) is 1.66. The molecule has 0 aromatic heterocycles. The average Bonchev–Trinajstić information content (AvgIpc) is 2.47. The molecule has 0 N–H and O–H groups in total. The SMILES string of the molecule is CC(/C=C/c1ccccc1)OC(=O)[N-]c1ccccc1.[Li+]. The van der Waals surface area contributed by atoms with Crippen molar-refractivity contribution in [2.75, 3.05) is 0 Å². The van der Waals surface area contributed by atoms with Crippen molar-refractivity contribution in [1.29, 1.82) is 0 Å². The Morgan fingerprint density at radius 2 is 1.62 bits per heavy atom. The van der Waals surface area contributed by atoms with Gasteiger partial charge < -0.3 is 10.1 Å². The Bertz CT molecular complexity index is 570. The molecule has 2 aromatic rings. The minimum Gasteiger partial charge on any atom is -0.591 e. The van der Waals surface area contributed by atoms with E-state index in [0.717, 1.165) is 5.56 Å². The summed E-state index contributed by atoms with van der Waals surface area (Å²) in [6, 6.07) is 18.9. The summed E-state index contributed by atoms with van der Waals surface area (Å²) in [6.07, 6.45) is 2.84. The molecule has 0 aliphatic rings. The maximum Gasteiger partial charge on any atom is 1.00 e. The molecule has 0 saturated carbocycles. The quantitative estimate of drug-likeness (QED) is 0.799. The van der Waals surface area contributed by atoms with Gasteiger partial charge >= 0.3 is 18.9 Å². The fourth-order valence-electron chi connectivity index (χ4n) is 1.64. The van der Waals surface area contributed by atoms with Gasteiger partial charge in [0.1, 0.15) is 6.10 Å². The molecule has 1 amide bonds. The van der Waals surface area contributed by atoms with Crippen molar-refractivity contribution in [1.82, 2.24) is 0 Å². The molecule has 4 heteroatoms. The second-order valence-corrected chi connectivity index (χ2v) is 4.31. The molecule has 0 radical (unpaired) electrons. The standard InChI is InChI=1S/C17H17NO2.Li/c1-14(12-13-15-8-4-2-5-9-15)20-17(19)18-16-10-6-3-7-11-16;/h2-14H,1H3,(H,18,19);/q;+1/p-1/b13-12+;. The third-order valence-electron chi connectivity index (χ3n) is 2.62. The molecule has 0 heterocycles. The number of hydrogen-bond donors (Lipinski definition) is 0. The Kier molecular flexibility index (Phi) is 7.39. The van der Waals surface area contributed by atoms with Crippen LogP contribution in [0.4, 0.5) is 10.5 Å². The number of hydrogen-bond acceptors (Lipinski definition) is 2. The molecule has 3 nitrogen and oxygen atoms in total. The van der Waals surface area contributed by atoms with Crippen LogP contribution in [0.25, 0.3) is 11.4 Å². The van der Waals surface area contributed by atoms with Gasteiger partial charge in [0, 0.05) is 0 Å². The Morgan fingerprint density at radius 1 is 1.05 bits per heavy atom. The summed E-state index contributed by atoms with van der Waals surface area (Å²) >= 11 is 0. The Morgan fingerprint density at radius 3 is 2.24 bits per heavy atom. The van der Waals surface area contributed by atoms with Crippen molar-refractivity contribution in [2.45, 2.75) is 13.0 Å². The van der Waals surface area contributed by atoms with E-state index in [4.69, 9.17) is 4.74 Å². The largest absolute Gasteiger partial charge is 1.00 e. The van der Waals surface area contributed by atoms with Gasteiger partial charge in [0.15, 0.2) is 0 Å². The monoisotopic (exact) mass is 273 g/mol. The zero-order valence-electron chi connectivity index (χ0n) is 12.3. The van der Waals surface area contributed by atoms with Gasteiger partial charge in [-0.15, -0.1) is 5.69 Å². The van der Waals surface area contributed by atoms with Crippen LogP contribution in [0, 0.1) is 0 Å². The number of rotatable bonds is 4. The van der Waals surface area contributed by atoms with Gasteiger partial charge in [-0.1, -0.05) is 66.7 Å². The summed E-state index contributed by atoms with van der Waals surface area (Å²) in [7, 11) is 0. The average molecular weight is 273 g/mol. The van der Waals surface area contributed by atoms with Crippen LogP contribution >= 0.6 is 0 Å². The second kappa shape index (κ2) is 9.07. The molecule has 2 rings (SSSR count). The van der Waals surface area contributed by atoms with Crippen LogP contribution < -0.4 is 18.9 Å². The van der Waals surface area contributed by atoms with E-state index in [1.165, 1.54) is 0 Å². The van der Waals surface area contributed by atoms with Gasteiger partial charge in [0.25, 0.3) is 0 Å². The van der Waals surface area contributed by atoms with Crippen LogP contribution in [0.2, 0.25) is 0 Å². The van der Waals surface area contributed by atoms with E-state index in [-0.39, 0.29) is 25.0 Å². The molecule has 1 atom stereocenters. The molecular weight excluding hydrogens is 257 g/mol. The summed E-state index contributed by atoms with van der Waals surface area (Å²) in [5.74, 6) is 0. The number of para-hydroxylation sites is 1. The molecular formula is C17H16LiNO2. The number of benzene rings is 2. The van der Waals surface area contributed by atoms with E-state index < -0.39 is 6.09 Å². The van der Waals surface area contributed by atoms with E-state index in [9.17, 15) is 4.79 Å². The van der Waals surface area contributed by atoms with Crippen molar-refractivity contribution in [2.24, 2.45) is 0 Å². The molecule has 0 saturated heterocycles. The smallest absolute Gasteiger partial charge is 0.591 e. The van der Waals surface area contributed by atoms with Crippen LogP contribution in [-0.4, -0.2) is 12.2 Å². The molecule has 0 aliphatic heterocycles. The first-order valence-corrected chi connectivity index (χ1v) is 6.45. The van der Waals surface area contributed by atoms with E-state index in [2.05, 4.69) is 5.32 Å². The molecule has 102 valence electrons. The number of amides is 1. The first-order chi connectivity index (χ1) is 9.74. The number of nitrogens with zero attached hydrogens (tertiary/aromatic N) is 1. The minimum atomic E-state index is -0.582. The molecule has 0 aliphatic carbocycles. The fraction of sp³-hybridized carbons (Fsp3) is 0.118. The molecule has 0 fully saturated rings. The third-order valence-corrected chi connectivity index (χ3v) is 2.62. The zero-order valence-corrected chi connectivity index (χ0v) is 12.3. The van der Waals surface area contributed by atoms with Crippen molar-refractivity contribution >= 4 is 17.9 Å². The van der Waals surface area contributed by atoms with Crippen molar-refractivity contribution in [3.63, 3.8) is 0 Å². The van der Waals surface area contributed by atoms with Crippen LogP contribution in [0.3, 0.4) is 0 Å². The van der Waals surface area contributed by atoms with Gasteiger partial charge in [-0.3, -0.25) is 4.79 Å². The van der Waals surface area contributed by atoms with Gasteiger partial charge in [0.05, 0.1) is 0 Å². The Labute approximate surface area is 137 Å². The van der Waals surface area contributed by atoms with Crippen LogP contribution in [0.1, 0.15) is 12.5 Å². The zero-order chi connectivity index (χ0) is 14.2. The molecule has 21 heavy (non-hydrogen) atoms. The maximum atomic E-state index is 11.6. The van der Waals surface area contributed by atoms with Gasteiger partial charge in [-0.05, 0) is 18.6 Å². The molecule has 2 aromatic carbocycles. The van der Waals surface area contributed by atoms with Crippen LogP contribution in [0.15, 0.2) is 66.7 Å². The minimum absolute atomic E-state index is 0. The third kappa shape index (κ3) is 6.35. The topological polar surface area (TPSA) is 40.4 Å². The maximum absolute atomic E-state index is 11.6. The van der Waals surface area contributed by atoms with Crippen LogP contribution in [0.5, 0.6) is 0 Å². The molecule has 0 bridgehead atoms. The first-order valence-electron chi connectivity index (χ1n) is 6.45. The van der Waals surface area contributed by atoms with Gasteiger partial charge in [-0.2, -0.15) is 0 Å². The Balaban J connectivity index is 0.00000220. The second-order valence-electron chi connectivity index (χ2n) is 4.31. The normalized spacial score (nSPS) is 11.5. The number of carbonyl (C=O) groups excluding carboxylic acids is 1. The Hall–Kier alpha value is -1.95. The van der Waals surface area contributed by atoms with Crippen molar-refractivity contribution in [3.8, 4) is 0 Å². The number of carbonyl (C=O) groups is 1. The summed E-state index contributed by atoms with van der Waals surface area (Å²) in [5, 5.41) is 3.86. The predicted molar refractivity (Wildman–Crippen MR) is 80.9 cm³/mol. The summed E-state index contributed by atoms with van der Waals surface area (Å²) in [4.78, 5) is 11.6. The van der Waals surface area contributed by atoms with Crippen molar-refractivity contribution < 1.29 is 28.4 Å². The van der Waals surface area contributed by atoms with E-state index >= 15 is 0 Å². The fourth-order valence-corrected chi connectivity index (χ4v) is 1.64. The number of ether oxygens (including phenoxy) is 1. The van der Waals surface area contributed by atoms with E-state index in [0.29, 0.717) is 5.69 Å². The summed E-state index contributed by atoms with van der Waals surface area (Å²) < 4.78 is 5.18. The molecule has 0 spiro atoms. The predicted octanol–water partition coefficient (Wildman–Crippen LogP) is 1.93. The van der Waals surface area contributed by atoms with Gasteiger partial charge in [-0.25, -0.2) is 0 Å². The van der Waals surface area contributed by atoms with E-state index in [1.807, 2.05) is 60.7 Å². The van der Waals surface area contributed by atoms with Crippen molar-refractivity contribution in [3.05, 3.63) is 77.6 Å². The summed E-state index contributed by atoms with van der Waals surface area (Å²) in [6.45, 7) is 1.80. The van der Waals surface area contributed by atoms with Crippen LogP contribution in [-0.2, 0) is 4.74 Å². The van der Waals surface area contributed by atoms with E-state index in [1.54, 1.807) is 19.1 Å². The van der Waals surface area contributed by atoms with Gasteiger partial charge in [0.2, 0.25) is 6.09 Å². The first kappa shape index (κ1) is 17.1.